The topological polar surface area (TPSA) is 57.5 Å². The highest BCUT2D eigenvalue weighted by molar-refractivity contribution is 9.10. The summed E-state index contributed by atoms with van der Waals surface area (Å²) in [6.07, 6.45) is 1.59. The van der Waals surface area contributed by atoms with E-state index in [1.165, 1.54) is 0 Å². The predicted molar refractivity (Wildman–Crippen MR) is 126 cm³/mol. The number of nitrogens with zero attached hydrogens (tertiary/aromatic N) is 1. The SMILES string of the molecule is CCOC(=O)c1cn(Cc2ccc3ccccc3c2Br)c2ccc(OCC)cc2c1=O. The van der Waals surface area contributed by atoms with Crippen LogP contribution in [0.2, 0.25) is 0 Å². The molecule has 0 aliphatic heterocycles. The van der Waals surface area contributed by atoms with E-state index in [4.69, 9.17) is 9.47 Å². The van der Waals surface area contributed by atoms with Crippen LogP contribution >= 0.6 is 15.9 Å². The lowest BCUT2D eigenvalue weighted by molar-refractivity contribution is 0.0524. The van der Waals surface area contributed by atoms with Gasteiger partial charge in [-0.1, -0.05) is 36.4 Å². The molecular formula is C25H22BrNO4. The normalized spacial score (nSPS) is 11.1. The van der Waals surface area contributed by atoms with Gasteiger partial charge in [0.1, 0.15) is 11.3 Å². The van der Waals surface area contributed by atoms with Crippen molar-refractivity contribution < 1.29 is 14.3 Å². The quantitative estimate of drug-likeness (QED) is 0.340. The molecule has 0 fully saturated rings. The molecule has 0 unspecified atom stereocenters. The van der Waals surface area contributed by atoms with Gasteiger partial charge in [0.15, 0.2) is 0 Å². The number of esters is 1. The highest BCUT2D eigenvalue weighted by atomic mass is 79.9. The van der Waals surface area contributed by atoms with Crippen LogP contribution in [0.5, 0.6) is 5.75 Å². The van der Waals surface area contributed by atoms with Crippen molar-refractivity contribution in [2.45, 2.75) is 20.4 Å². The molecule has 0 N–H and O–H groups in total. The van der Waals surface area contributed by atoms with Gasteiger partial charge in [-0.05, 0) is 64.3 Å². The number of carbonyl (C=O) groups is 1. The fraction of sp³-hybridized carbons (Fsp3) is 0.200. The molecule has 4 aromatic rings. The van der Waals surface area contributed by atoms with E-state index in [1.807, 2.05) is 35.8 Å². The Kier molecular flexibility index (Phi) is 6.09. The molecule has 0 spiro atoms. The molecule has 0 atom stereocenters. The van der Waals surface area contributed by atoms with Crippen LogP contribution in [0.3, 0.4) is 0 Å². The molecule has 0 saturated carbocycles. The maximum Gasteiger partial charge on any atom is 0.343 e. The highest BCUT2D eigenvalue weighted by Crippen LogP contribution is 2.29. The summed E-state index contributed by atoms with van der Waals surface area (Å²) in [5.74, 6) is -0.0333. The van der Waals surface area contributed by atoms with Crippen molar-refractivity contribution in [1.29, 1.82) is 0 Å². The molecule has 0 amide bonds. The predicted octanol–water partition coefficient (Wildman–Crippen LogP) is 5.54. The first kappa shape index (κ1) is 21.1. The molecule has 1 aromatic heterocycles. The summed E-state index contributed by atoms with van der Waals surface area (Å²) in [5.41, 5.74) is 1.41. The summed E-state index contributed by atoms with van der Waals surface area (Å²) in [7, 11) is 0. The van der Waals surface area contributed by atoms with Gasteiger partial charge in [-0.25, -0.2) is 4.79 Å². The summed E-state index contributed by atoms with van der Waals surface area (Å²) < 4.78 is 13.6. The number of aromatic nitrogens is 1. The summed E-state index contributed by atoms with van der Waals surface area (Å²) >= 11 is 3.74. The van der Waals surface area contributed by atoms with E-state index in [0.717, 1.165) is 26.3 Å². The Morgan fingerprint density at radius 1 is 1.00 bits per heavy atom. The average molecular weight is 480 g/mol. The Morgan fingerprint density at radius 2 is 1.81 bits per heavy atom. The van der Waals surface area contributed by atoms with Gasteiger partial charge < -0.3 is 14.0 Å². The van der Waals surface area contributed by atoms with Crippen molar-refractivity contribution in [1.82, 2.24) is 4.57 Å². The molecule has 6 heteroatoms. The Morgan fingerprint density at radius 3 is 2.58 bits per heavy atom. The summed E-state index contributed by atoms with van der Waals surface area (Å²) in [6.45, 7) is 4.76. The number of hydrogen-bond donors (Lipinski definition) is 0. The van der Waals surface area contributed by atoms with Crippen molar-refractivity contribution in [2.75, 3.05) is 13.2 Å². The van der Waals surface area contributed by atoms with Crippen LogP contribution in [0, 0.1) is 0 Å². The molecule has 1 heterocycles. The fourth-order valence-corrected chi connectivity index (χ4v) is 4.32. The Bertz CT molecular complexity index is 1340. The van der Waals surface area contributed by atoms with Gasteiger partial charge in [0.05, 0.1) is 24.1 Å². The van der Waals surface area contributed by atoms with E-state index >= 15 is 0 Å². The zero-order chi connectivity index (χ0) is 22.0. The smallest absolute Gasteiger partial charge is 0.343 e. The van der Waals surface area contributed by atoms with Gasteiger partial charge in [-0.3, -0.25) is 4.79 Å². The van der Waals surface area contributed by atoms with Crippen LogP contribution in [0.15, 0.2) is 70.1 Å². The van der Waals surface area contributed by atoms with E-state index in [2.05, 4.69) is 40.2 Å². The van der Waals surface area contributed by atoms with Crippen LogP contribution in [-0.2, 0) is 11.3 Å². The summed E-state index contributed by atoms with van der Waals surface area (Å²) in [5, 5.41) is 2.67. The van der Waals surface area contributed by atoms with E-state index < -0.39 is 5.97 Å². The molecule has 4 rings (SSSR count). The molecule has 5 nitrogen and oxygen atoms in total. The monoisotopic (exact) mass is 479 g/mol. The third-order valence-corrected chi connectivity index (χ3v) is 6.08. The fourth-order valence-electron chi connectivity index (χ4n) is 3.70. The van der Waals surface area contributed by atoms with Crippen LogP contribution in [0.25, 0.3) is 21.7 Å². The molecule has 31 heavy (non-hydrogen) atoms. The number of hydrogen-bond acceptors (Lipinski definition) is 4. The van der Waals surface area contributed by atoms with Crippen LogP contribution in [-0.4, -0.2) is 23.8 Å². The molecule has 0 aliphatic rings. The molecular weight excluding hydrogens is 458 g/mol. The van der Waals surface area contributed by atoms with Gasteiger partial charge in [0.2, 0.25) is 5.43 Å². The Labute approximate surface area is 188 Å². The van der Waals surface area contributed by atoms with Gasteiger partial charge in [-0.2, -0.15) is 0 Å². The molecule has 3 aromatic carbocycles. The summed E-state index contributed by atoms with van der Waals surface area (Å²) in [6, 6.07) is 17.6. The third-order valence-electron chi connectivity index (χ3n) is 5.14. The van der Waals surface area contributed by atoms with Crippen LogP contribution < -0.4 is 10.2 Å². The zero-order valence-corrected chi connectivity index (χ0v) is 18.9. The number of rotatable bonds is 6. The number of ether oxygens (including phenoxy) is 2. The van der Waals surface area contributed by atoms with Crippen LogP contribution in [0.1, 0.15) is 29.8 Å². The average Bonchev–Trinajstić information content (AvgIpc) is 2.78. The minimum Gasteiger partial charge on any atom is -0.494 e. The second kappa shape index (κ2) is 8.94. The maximum atomic E-state index is 13.1. The maximum absolute atomic E-state index is 13.1. The Hall–Kier alpha value is -3.12. The highest BCUT2D eigenvalue weighted by Gasteiger charge is 2.18. The summed E-state index contributed by atoms with van der Waals surface area (Å²) in [4.78, 5) is 25.6. The first-order valence-electron chi connectivity index (χ1n) is 10.2. The largest absolute Gasteiger partial charge is 0.494 e. The van der Waals surface area contributed by atoms with Gasteiger partial charge in [0.25, 0.3) is 0 Å². The van der Waals surface area contributed by atoms with E-state index in [1.54, 1.807) is 19.2 Å². The number of pyridine rings is 1. The number of halogens is 1. The lowest BCUT2D eigenvalue weighted by Gasteiger charge is -2.16. The molecule has 0 radical (unpaired) electrons. The molecule has 0 aliphatic carbocycles. The molecule has 158 valence electrons. The van der Waals surface area contributed by atoms with Crippen LogP contribution in [0.4, 0.5) is 0 Å². The minimum absolute atomic E-state index is 0.0138. The van der Waals surface area contributed by atoms with Gasteiger partial charge in [0, 0.05) is 17.2 Å². The zero-order valence-electron chi connectivity index (χ0n) is 17.4. The van der Waals surface area contributed by atoms with E-state index in [0.29, 0.717) is 24.3 Å². The molecule has 0 saturated heterocycles. The van der Waals surface area contributed by atoms with Gasteiger partial charge >= 0.3 is 5.97 Å². The van der Waals surface area contributed by atoms with E-state index in [9.17, 15) is 9.59 Å². The second-order valence-corrected chi connectivity index (χ2v) is 7.89. The lowest BCUT2D eigenvalue weighted by atomic mass is 10.1. The van der Waals surface area contributed by atoms with Crippen molar-refractivity contribution >= 4 is 43.6 Å². The first-order valence-corrected chi connectivity index (χ1v) is 11.0. The minimum atomic E-state index is -0.623. The second-order valence-electron chi connectivity index (χ2n) is 7.09. The number of benzene rings is 3. The molecule has 0 bridgehead atoms. The van der Waals surface area contributed by atoms with Crippen molar-refractivity contribution in [2.24, 2.45) is 0 Å². The number of carbonyl (C=O) groups excluding carboxylic acids is 1. The Balaban J connectivity index is 1.90. The lowest BCUT2D eigenvalue weighted by Crippen LogP contribution is -2.21. The standard InChI is InChI=1S/C25H22BrNO4/c1-3-30-18-11-12-22-20(13-18)24(28)21(25(29)31-4-2)15-27(22)14-17-10-9-16-7-5-6-8-19(16)23(17)26/h5-13,15H,3-4,14H2,1-2H3. The van der Waals surface area contributed by atoms with Crippen molar-refractivity contribution in [3.63, 3.8) is 0 Å². The van der Waals surface area contributed by atoms with Gasteiger partial charge in [-0.15, -0.1) is 0 Å². The van der Waals surface area contributed by atoms with Crippen molar-refractivity contribution in [3.05, 3.63) is 86.6 Å². The third kappa shape index (κ3) is 4.08. The van der Waals surface area contributed by atoms with E-state index in [-0.39, 0.29) is 17.6 Å². The van der Waals surface area contributed by atoms with Crippen molar-refractivity contribution in [3.8, 4) is 5.75 Å². The number of fused-ring (bicyclic) bond motifs is 2. The first-order chi connectivity index (χ1) is 15.0.